The maximum absolute atomic E-state index is 13.4. The highest BCUT2D eigenvalue weighted by atomic mass is 19.1. The molecule has 1 rings (SSSR count). The van der Waals surface area contributed by atoms with Gasteiger partial charge in [-0.15, -0.1) is 0 Å². The van der Waals surface area contributed by atoms with Crippen molar-refractivity contribution in [2.75, 3.05) is 13.1 Å². The molecule has 0 aliphatic carbocycles. The van der Waals surface area contributed by atoms with Gasteiger partial charge in [0.25, 0.3) is 0 Å². The minimum Gasteiger partial charge on any atom is -0.354 e. The van der Waals surface area contributed by atoms with Gasteiger partial charge >= 0.3 is 0 Å². The van der Waals surface area contributed by atoms with Gasteiger partial charge in [-0.2, -0.15) is 0 Å². The fourth-order valence-corrected chi connectivity index (χ4v) is 1.97. The molecule has 5 heteroatoms. The van der Waals surface area contributed by atoms with E-state index in [-0.39, 0.29) is 30.1 Å². The first-order valence-electron chi connectivity index (χ1n) is 6.69. The molecule has 2 amide bonds. The van der Waals surface area contributed by atoms with E-state index in [2.05, 4.69) is 5.32 Å². The largest absolute Gasteiger partial charge is 0.354 e. The van der Waals surface area contributed by atoms with E-state index < -0.39 is 0 Å². The van der Waals surface area contributed by atoms with E-state index in [4.69, 9.17) is 0 Å². The fraction of sp³-hybridized carbons (Fsp3) is 0.467. The van der Waals surface area contributed by atoms with E-state index in [0.29, 0.717) is 18.7 Å². The molecule has 0 saturated carbocycles. The summed E-state index contributed by atoms with van der Waals surface area (Å²) in [5, 5.41) is 2.70. The summed E-state index contributed by atoms with van der Waals surface area (Å²) < 4.78 is 13.4. The Kier molecular flexibility index (Phi) is 6.15. The first-order chi connectivity index (χ1) is 9.41. The number of hydrogen-bond donors (Lipinski definition) is 1. The fourth-order valence-electron chi connectivity index (χ4n) is 1.97. The minimum atomic E-state index is -0.379. The van der Waals surface area contributed by atoms with Crippen molar-refractivity contribution < 1.29 is 14.0 Å². The van der Waals surface area contributed by atoms with E-state index in [1.165, 1.54) is 13.0 Å². The Morgan fingerprint density at radius 3 is 2.50 bits per heavy atom. The van der Waals surface area contributed by atoms with Crippen LogP contribution in [0.5, 0.6) is 0 Å². The molecule has 0 unspecified atom stereocenters. The summed E-state index contributed by atoms with van der Waals surface area (Å²) in [4.78, 5) is 24.7. The van der Waals surface area contributed by atoms with Crippen molar-refractivity contribution in [3.63, 3.8) is 0 Å². The van der Waals surface area contributed by atoms with Gasteiger partial charge in [-0.05, 0) is 25.5 Å². The lowest BCUT2D eigenvalue weighted by Gasteiger charge is -2.25. The van der Waals surface area contributed by atoms with Crippen molar-refractivity contribution in [1.29, 1.82) is 0 Å². The molecule has 0 fully saturated rings. The van der Waals surface area contributed by atoms with Crippen LogP contribution >= 0.6 is 0 Å². The summed E-state index contributed by atoms with van der Waals surface area (Å²) in [7, 11) is 0. The monoisotopic (exact) mass is 280 g/mol. The molecule has 4 nitrogen and oxygen atoms in total. The van der Waals surface area contributed by atoms with Crippen LogP contribution in [0.4, 0.5) is 4.39 Å². The number of halogens is 1. The number of nitrogens with zero attached hydrogens (tertiary/aromatic N) is 1. The second-order valence-electron chi connectivity index (χ2n) is 4.92. The normalized spacial score (nSPS) is 10.4. The van der Waals surface area contributed by atoms with Crippen LogP contribution in [0.2, 0.25) is 0 Å². The molecule has 0 atom stereocenters. The van der Waals surface area contributed by atoms with Crippen molar-refractivity contribution in [3.05, 3.63) is 35.6 Å². The Hall–Kier alpha value is -1.91. The Labute approximate surface area is 119 Å². The van der Waals surface area contributed by atoms with Crippen LogP contribution in [0.1, 0.15) is 26.3 Å². The summed E-state index contributed by atoms with van der Waals surface area (Å²) in [6.07, 6.45) is 0.00836. The molecular formula is C15H21FN2O2. The second-order valence-corrected chi connectivity index (χ2v) is 4.92. The molecule has 110 valence electrons. The van der Waals surface area contributed by atoms with Crippen LogP contribution in [0.25, 0.3) is 0 Å². The number of amides is 2. The highest BCUT2D eigenvalue weighted by Gasteiger charge is 2.13. The summed E-state index contributed by atoms with van der Waals surface area (Å²) in [5.41, 5.74) is 0.372. The molecule has 20 heavy (non-hydrogen) atoms. The van der Waals surface area contributed by atoms with Crippen LogP contribution in [0, 0.1) is 5.82 Å². The molecule has 0 spiro atoms. The number of benzene rings is 1. The Bertz CT molecular complexity index is 475. The number of carbonyl (C=O) groups is 2. The highest BCUT2D eigenvalue weighted by molar-refractivity contribution is 5.78. The zero-order valence-electron chi connectivity index (χ0n) is 12.1. The van der Waals surface area contributed by atoms with E-state index in [0.717, 1.165) is 0 Å². The summed E-state index contributed by atoms with van der Waals surface area (Å²) in [6, 6.07) is 6.30. The van der Waals surface area contributed by atoms with Gasteiger partial charge in [0.15, 0.2) is 0 Å². The van der Waals surface area contributed by atoms with Gasteiger partial charge < -0.3 is 10.2 Å². The van der Waals surface area contributed by atoms with Gasteiger partial charge in [0.1, 0.15) is 5.82 Å². The Morgan fingerprint density at radius 1 is 1.30 bits per heavy atom. The van der Waals surface area contributed by atoms with Crippen LogP contribution in [-0.2, 0) is 16.0 Å². The molecule has 0 radical (unpaired) electrons. The molecule has 1 N–H and O–H groups in total. The average Bonchev–Trinajstić information content (AvgIpc) is 2.36. The van der Waals surface area contributed by atoms with Gasteiger partial charge in [0.2, 0.25) is 11.8 Å². The molecular weight excluding hydrogens is 259 g/mol. The molecule has 1 aromatic carbocycles. The van der Waals surface area contributed by atoms with Gasteiger partial charge in [-0.25, -0.2) is 4.39 Å². The third-order valence-corrected chi connectivity index (χ3v) is 3.01. The predicted molar refractivity (Wildman–Crippen MR) is 75.6 cm³/mol. The van der Waals surface area contributed by atoms with Crippen LogP contribution in [-0.4, -0.2) is 35.8 Å². The lowest BCUT2D eigenvalue weighted by molar-refractivity contribution is -0.131. The predicted octanol–water partition coefficient (Wildman–Crippen LogP) is 1.74. The highest BCUT2D eigenvalue weighted by Crippen LogP contribution is 2.06. The molecule has 1 aromatic rings. The molecule has 0 aliphatic rings. The summed E-state index contributed by atoms with van der Waals surface area (Å²) in [5.74, 6) is -0.652. The lowest BCUT2D eigenvalue weighted by atomic mass is 10.1. The minimum absolute atomic E-state index is 0.00836. The molecule has 0 aromatic heterocycles. The standard InChI is InChI=1S/C15H21FN2O2/c1-11(2)18(12(3)19)9-8-17-15(20)10-13-6-4-5-7-14(13)16/h4-7,11H,8-10H2,1-3H3,(H,17,20). The van der Waals surface area contributed by atoms with Gasteiger partial charge in [0, 0.05) is 26.1 Å². The molecule has 0 aliphatic heterocycles. The molecule has 0 heterocycles. The van der Waals surface area contributed by atoms with Crippen molar-refractivity contribution >= 4 is 11.8 Å². The molecule has 0 bridgehead atoms. The van der Waals surface area contributed by atoms with E-state index in [9.17, 15) is 14.0 Å². The van der Waals surface area contributed by atoms with Crippen molar-refractivity contribution in [3.8, 4) is 0 Å². The number of rotatable bonds is 6. The third-order valence-electron chi connectivity index (χ3n) is 3.01. The average molecular weight is 280 g/mol. The SMILES string of the molecule is CC(=O)N(CCNC(=O)Cc1ccccc1F)C(C)C. The zero-order chi connectivity index (χ0) is 15.1. The Morgan fingerprint density at radius 2 is 1.95 bits per heavy atom. The van der Waals surface area contributed by atoms with Gasteiger partial charge in [0.05, 0.1) is 6.42 Å². The Balaban J connectivity index is 2.41. The van der Waals surface area contributed by atoms with E-state index in [1.807, 2.05) is 13.8 Å². The van der Waals surface area contributed by atoms with Gasteiger partial charge in [-0.3, -0.25) is 9.59 Å². The van der Waals surface area contributed by atoms with E-state index in [1.54, 1.807) is 23.1 Å². The summed E-state index contributed by atoms with van der Waals surface area (Å²) in [6.45, 7) is 6.16. The maximum atomic E-state index is 13.4. The van der Waals surface area contributed by atoms with Crippen LogP contribution < -0.4 is 5.32 Å². The van der Waals surface area contributed by atoms with Crippen molar-refractivity contribution in [2.24, 2.45) is 0 Å². The topological polar surface area (TPSA) is 49.4 Å². The zero-order valence-corrected chi connectivity index (χ0v) is 12.1. The number of nitrogens with one attached hydrogen (secondary N) is 1. The quantitative estimate of drug-likeness (QED) is 0.863. The van der Waals surface area contributed by atoms with E-state index >= 15 is 0 Å². The van der Waals surface area contributed by atoms with Crippen molar-refractivity contribution in [2.45, 2.75) is 33.2 Å². The van der Waals surface area contributed by atoms with Crippen LogP contribution in [0.15, 0.2) is 24.3 Å². The molecule has 0 saturated heterocycles. The van der Waals surface area contributed by atoms with Crippen molar-refractivity contribution in [1.82, 2.24) is 10.2 Å². The first-order valence-corrected chi connectivity index (χ1v) is 6.69. The maximum Gasteiger partial charge on any atom is 0.224 e. The summed E-state index contributed by atoms with van der Waals surface area (Å²) >= 11 is 0. The third kappa shape index (κ3) is 4.99. The first kappa shape index (κ1) is 16.1. The van der Waals surface area contributed by atoms with Crippen LogP contribution in [0.3, 0.4) is 0 Å². The number of hydrogen-bond acceptors (Lipinski definition) is 2. The lowest BCUT2D eigenvalue weighted by Crippen LogP contribution is -2.41. The van der Waals surface area contributed by atoms with Gasteiger partial charge in [-0.1, -0.05) is 18.2 Å². The second kappa shape index (κ2) is 7.62. The number of carbonyl (C=O) groups excluding carboxylic acids is 2. The smallest absolute Gasteiger partial charge is 0.224 e.